The monoisotopic (exact) mass is 1820 g/mol. The summed E-state index contributed by atoms with van der Waals surface area (Å²) in [5, 5.41) is 6.85. The molecule has 0 aromatic heterocycles. The van der Waals surface area contributed by atoms with Crippen LogP contribution in [-0.4, -0.2) is 83.7 Å². The standard InChI is InChI=1S/2C12H16.C11H15N.3C11H14O.C11H14.C10H18O.C10H12O.C10H18.C9H16O.C7H13NO/c1-12(2)9-5-7-10-6-3-4-8-11(10)12;1-12(2)8-7-10-5-3-4-6-11(10)9-12;1-11(2)8-12-7-9-5-3-4-6-10(9)11;1-11(2)7-9-5-3-4-6-10(9)12-8-11;1-11(2)7-9-5-3-4-6-10(9)8-12-11;1-11(2)7-8-12-10-6-4-3-5-9(10)11;1-11(2)8-7-9-5-3-4-6-10(9)11;1-10(2)8-4-3-5-9(10)7-11-6-8;1-10(2)7-11-9-6-4-3-5-8(9)10;1-10(2)7-8-3-5-9(10)6-4-8;1-9(2)4-7-3-8(9)6-10-5-7;1-7(2)5-4-9-6(7)3-8-5/h3-4,6,8H,5,7,9H2,1-2H3;3-6H,7-9H2,1-2H3;3-6,12H,7-8H2,1-2H3;3*3-6H,7-8H2,1-2H3;3-6H,7-8H2,1-2H3;8-9H,3-7H2,1-2H3;3-6H,7H2,1-2H3;8-9H,3-7H2,1-2H3;7-8H,3-6H2,1-2H3;5-6,8H,3-4H2,1-2H3. The van der Waals surface area contributed by atoms with Gasteiger partial charge < -0.3 is 43.8 Å². The van der Waals surface area contributed by atoms with Gasteiger partial charge in [-0.25, -0.2) is 0 Å². The molecule has 0 radical (unpaired) electrons. The summed E-state index contributed by atoms with van der Waals surface area (Å²) >= 11 is 0. The second-order valence-corrected chi connectivity index (χ2v) is 50.8. The fourth-order valence-corrected chi connectivity index (χ4v) is 24.7. The molecule has 9 aliphatic heterocycles. The van der Waals surface area contributed by atoms with E-state index in [9.17, 15) is 0 Å². The van der Waals surface area contributed by atoms with Crippen molar-refractivity contribution in [2.45, 2.75) is 359 Å². The molecule has 8 bridgehead atoms. The summed E-state index contributed by atoms with van der Waals surface area (Å²) in [4.78, 5) is 0. The minimum absolute atomic E-state index is 0.0222. The summed E-state index contributed by atoms with van der Waals surface area (Å²) in [5.74, 6) is 8.77. The van der Waals surface area contributed by atoms with E-state index in [2.05, 4.69) is 341 Å². The Bertz CT molecular complexity index is 4620. The molecule has 17 aliphatic rings. The quantitative estimate of drug-likeness (QED) is 0.154. The molecule has 2 N–H and O–H groups in total. The van der Waals surface area contributed by atoms with E-state index >= 15 is 0 Å². The molecule has 0 amide bonds. The molecule has 9 heterocycles. The maximum Gasteiger partial charge on any atom is 0.123 e. The molecule has 5 saturated carbocycles. The van der Waals surface area contributed by atoms with E-state index in [0.29, 0.717) is 60.9 Å². The lowest BCUT2D eigenvalue weighted by molar-refractivity contribution is -0.0996. The highest BCUT2D eigenvalue weighted by Crippen LogP contribution is 2.54. The number of rotatable bonds is 0. The minimum Gasteiger partial charge on any atom is -0.493 e. The Kier molecular flexibility index (Phi) is 34.4. The number of ether oxygens (including phenoxy) is 7. The van der Waals surface area contributed by atoms with Gasteiger partial charge in [0.25, 0.3) is 0 Å². The van der Waals surface area contributed by atoms with Crippen LogP contribution in [0.1, 0.15) is 335 Å². The first kappa shape index (κ1) is 104. The molecule has 25 rings (SSSR count). The first-order valence-electron chi connectivity index (χ1n) is 52.7. The van der Waals surface area contributed by atoms with Gasteiger partial charge in [0.05, 0.1) is 44.7 Å². The van der Waals surface area contributed by atoms with Crippen LogP contribution in [-0.2, 0) is 97.7 Å². The van der Waals surface area contributed by atoms with E-state index < -0.39 is 0 Å². The predicted molar refractivity (Wildman–Crippen MR) is 562 cm³/mol. The molecule has 8 aromatic carbocycles. The SMILES string of the molecule is CC1(C)C2CCCC1COC2.CC1(C)C2COC1CN2.CC1(C)CC2CCC1CC2.CC1(C)CC2COCC1C2.CC1(C)CCCc2ccccc21.CC1(C)CCOc2ccccc21.CC1(C)CCc2ccccc21.CC1(C)CCc2ccccc2C1.CC1(C)CNCc2ccccc21.CC1(C)COc2ccccc21.CC1(C)COc2ccccc2C1.CC1(C)Cc2ccccc2CO1. The number of nitrogens with one attached hydrogen (secondary N) is 2. The summed E-state index contributed by atoms with van der Waals surface area (Å²) in [6.07, 6.45) is 28.8. The number of fused-ring (bicyclic) bond motifs is 17. The molecule has 6 unspecified atom stereocenters. The molecule has 8 aliphatic carbocycles. The van der Waals surface area contributed by atoms with Crippen molar-refractivity contribution in [3.63, 3.8) is 0 Å². The highest BCUT2D eigenvalue weighted by molar-refractivity contribution is 5.44. The fraction of sp³-hybridized carbons (Fsp3) is 0.616. The first-order valence-corrected chi connectivity index (χ1v) is 52.7. The molecule has 134 heavy (non-hydrogen) atoms. The number of morpholine rings is 1. The van der Waals surface area contributed by atoms with Gasteiger partial charge in [-0.15, -0.1) is 0 Å². The van der Waals surface area contributed by atoms with Crippen molar-refractivity contribution in [1.29, 1.82) is 0 Å². The van der Waals surface area contributed by atoms with Gasteiger partial charge in [-0.1, -0.05) is 348 Å². The summed E-state index contributed by atoms with van der Waals surface area (Å²) in [7, 11) is 0. The summed E-state index contributed by atoms with van der Waals surface area (Å²) in [6.45, 7) is 66.9. The second-order valence-electron chi connectivity index (χ2n) is 50.8. The lowest BCUT2D eigenvalue weighted by Gasteiger charge is -2.48. The largest absolute Gasteiger partial charge is 0.493 e. The molecular weight excluding hydrogens is 1640 g/mol. The van der Waals surface area contributed by atoms with E-state index in [1.807, 2.05) is 30.3 Å². The average molecular weight is 1820 g/mol. The predicted octanol–water partition coefficient (Wildman–Crippen LogP) is 29.9. The molecule has 9 nitrogen and oxygen atoms in total. The average Bonchev–Trinajstić information content (AvgIpc) is 1.41. The van der Waals surface area contributed by atoms with Crippen LogP contribution >= 0.6 is 0 Å². The van der Waals surface area contributed by atoms with Crippen molar-refractivity contribution in [1.82, 2.24) is 10.6 Å². The van der Waals surface area contributed by atoms with Crippen LogP contribution in [0.15, 0.2) is 194 Å². The van der Waals surface area contributed by atoms with E-state index in [-0.39, 0.29) is 16.4 Å². The van der Waals surface area contributed by atoms with Gasteiger partial charge in [-0.05, 0) is 281 Å². The number of hydrogen-bond donors (Lipinski definition) is 2. The third-order valence-electron chi connectivity index (χ3n) is 34.2. The van der Waals surface area contributed by atoms with Crippen molar-refractivity contribution >= 4 is 0 Å². The normalized spacial score (nSPS) is 27.0. The Morgan fingerprint density at radius 1 is 0.321 bits per heavy atom. The van der Waals surface area contributed by atoms with Gasteiger partial charge >= 0.3 is 0 Å². The zero-order valence-electron chi connectivity index (χ0n) is 88.3. The van der Waals surface area contributed by atoms with Gasteiger partial charge in [-0.2, -0.15) is 0 Å². The van der Waals surface area contributed by atoms with Crippen LogP contribution in [0.2, 0.25) is 0 Å². The van der Waals surface area contributed by atoms with Gasteiger partial charge in [0, 0.05) is 85.7 Å². The Hall–Kier alpha value is -7.08. The Balaban J connectivity index is 0.000000124. The number of hydrogen-bond acceptors (Lipinski definition) is 9. The smallest absolute Gasteiger partial charge is 0.123 e. The molecule has 0 spiro atoms. The molecule has 8 aromatic rings. The van der Waals surface area contributed by atoms with Crippen LogP contribution in [0, 0.1) is 68.0 Å². The molecule has 6 atom stereocenters. The molecule has 9 fully saturated rings. The van der Waals surface area contributed by atoms with Crippen molar-refractivity contribution in [3.05, 3.63) is 266 Å². The van der Waals surface area contributed by atoms with Gasteiger partial charge in [0.15, 0.2) is 0 Å². The van der Waals surface area contributed by atoms with Crippen molar-refractivity contribution in [2.24, 2.45) is 68.0 Å². The Morgan fingerprint density at radius 3 is 1.28 bits per heavy atom. The highest BCUT2D eigenvalue weighted by atomic mass is 16.5. The van der Waals surface area contributed by atoms with Crippen molar-refractivity contribution in [3.8, 4) is 17.2 Å². The van der Waals surface area contributed by atoms with E-state index in [0.717, 1.165) is 151 Å². The van der Waals surface area contributed by atoms with Crippen LogP contribution in [0.25, 0.3) is 0 Å². The van der Waals surface area contributed by atoms with Gasteiger partial charge in [0.2, 0.25) is 0 Å². The Labute approximate surface area is 815 Å². The van der Waals surface area contributed by atoms with Crippen molar-refractivity contribution in [2.75, 3.05) is 65.9 Å². The van der Waals surface area contributed by atoms with Crippen molar-refractivity contribution < 1.29 is 33.2 Å². The number of para-hydroxylation sites is 3. The summed E-state index contributed by atoms with van der Waals surface area (Å²) < 4.78 is 39.0. The maximum atomic E-state index is 5.69. The number of aryl methyl sites for hydroxylation is 3. The fourth-order valence-electron chi connectivity index (χ4n) is 24.7. The highest BCUT2D eigenvalue weighted by Gasteiger charge is 2.50. The van der Waals surface area contributed by atoms with Crippen LogP contribution in [0.3, 0.4) is 0 Å². The molecular formula is C125H180N2O7. The van der Waals surface area contributed by atoms with E-state index in [4.69, 9.17) is 33.2 Å². The minimum atomic E-state index is 0.0222. The molecule has 732 valence electrons. The lowest BCUT2D eigenvalue weighted by atomic mass is 9.58. The zero-order valence-corrected chi connectivity index (χ0v) is 88.3. The van der Waals surface area contributed by atoms with E-state index in [1.54, 1.807) is 33.4 Å². The van der Waals surface area contributed by atoms with Gasteiger partial charge in [0.1, 0.15) is 17.2 Å². The third kappa shape index (κ3) is 27.3. The Morgan fingerprint density at radius 2 is 0.784 bits per heavy atom. The zero-order chi connectivity index (χ0) is 96.2. The van der Waals surface area contributed by atoms with E-state index in [1.165, 1.54) is 155 Å². The number of benzene rings is 8. The van der Waals surface area contributed by atoms with Crippen LogP contribution in [0.4, 0.5) is 0 Å². The topological polar surface area (TPSA) is 88.7 Å². The summed E-state index contributed by atoms with van der Waals surface area (Å²) in [6, 6.07) is 69.2. The molecule has 4 saturated heterocycles. The lowest BCUT2D eigenvalue weighted by Crippen LogP contribution is -2.45. The van der Waals surface area contributed by atoms with Crippen LogP contribution in [0.5, 0.6) is 17.2 Å². The maximum absolute atomic E-state index is 5.69. The second kappa shape index (κ2) is 44.2. The van der Waals surface area contributed by atoms with Gasteiger partial charge in [-0.3, -0.25) is 0 Å². The third-order valence-corrected chi connectivity index (χ3v) is 34.2. The summed E-state index contributed by atoms with van der Waals surface area (Å²) in [5.41, 5.74) is 23.8. The van der Waals surface area contributed by atoms with Crippen LogP contribution < -0.4 is 24.8 Å². The molecule has 9 heteroatoms. The first-order chi connectivity index (χ1) is 63.3.